The zero-order valence-electron chi connectivity index (χ0n) is 14.5. The van der Waals surface area contributed by atoms with Gasteiger partial charge in [0.25, 0.3) is 5.91 Å². The Morgan fingerprint density at radius 1 is 1.12 bits per heavy atom. The molecule has 1 aromatic heterocycles. The lowest BCUT2D eigenvalue weighted by atomic mass is 10.2. The van der Waals surface area contributed by atoms with Crippen LogP contribution in [-0.2, 0) is 11.3 Å². The SMILES string of the molecule is COc1ccc(OC(C)C(=O)NCc2nc(-c3ccccc3)no2)cc1. The minimum atomic E-state index is -0.667. The van der Waals surface area contributed by atoms with Crippen molar-refractivity contribution in [3.63, 3.8) is 0 Å². The average Bonchev–Trinajstić information content (AvgIpc) is 3.16. The number of amides is 1. The lowest BCUT2D eigenvalue weighted by molar-refractivity contribution is -0.127. The second kappa shape index (κ2) is 8.15. The van der Waals surface area contributed by atoms with Crippen LogP contribution in [0, 0.1) is 0 Å². The first-order valence-electron chi connectivity index (χ1n) is 8.12. The number of hydrogen-bond donors (Lipinski definition) is 1. The molecule has 2 aromatic carbocycles. The molecule has 0 radical (unpaired) electrons. The highest BCUT2D eigenvalue weighted by Gasteiger charge is 2.16. The van der Waals surface area contributed by atoms with Crippen LogP contribution in [0.25, 0.3) is 11.4 Å². The van der Waals surface area contributed by atoms with Gasteiger partial charge < -0.3 is 19.3 Å². The predicted octanol–water partition coefficient (Wildman–Crippen LogP) is 2.83. The maximum Gasteiger partial charge on any atom is 0.261 e. The van der Waals surface area contributed by atoms with Gasteiger partial charge in [-0.3, -0.25) is 4.79 Å². The van der Waals surface area contributed by atoms with Crippen LogP contribution in [0.15, 0.2) is 59.1 Å². The van der Waals surface area contributed by atoms with E-state index in [0.29, 0.717) is 17.5 Å². The molecule has 0 aliphatic rings. The van der Waals surface area contributed by atoms with Crippen molar-refractivity contribution in [3.05, 3.63) is 60.5 Å². The Balaban J connectivity index is 1.52. The highest BCUT2D eigenvalue weighted by atomic mass is 16.5. The molecule has 0 saturated carbocycles. The van der Waals surface area contributed by atoms with E-state index in [1.54, 1.807) is 38.3 Å². The summed E-state index contributed by atoms with van der Waals surface area (Å²) in [6, 6.07) is 16.5. The van der Waals surface area contributed by atoms with Gasteiger partial charge in [-0.2, -0.15) is 4.98 Å². The first-order chi connectivity index (χ1) is 12.7. The van der Waals surface area contributed by atoms with E-state index in [9.17, 15) is 4.79 Å². The summed E-state index contributed by atoms with van der Waals surface area (Å²) in [6.45, 7) is 1.80. The first kappa shape index (κ1) is 17.5. The van der Waals surface area contributed by atoms with E-state index in [4.69, 9.17) is 14.0 Å². The minimum absolute atomic E-state index is 0.134. The fourth-order valence-corrected chi connectivity index (χ4v) is 2.25. The van der Waals surface area contributed by atoms with Gasteiger partial charge in [-0.15, -0.1) is 0 Å². The highest BCUT2D eigenvalue weighted by Crippen LogP contribution is 2.18. The second-order valence-corrected chi connectivity index (χ2v) is 5.53. The number of benzene rings is 2. The molecule has 1 heterocycles. The molecule has 7 heteroatoms. The van der Waals surface area contributed by atoms with Gasteiger partial charge in [0.1, 0.15) is 11.5 Å². The molecule has 1 unspecified atom stereocenters. The van der Waals surface area contributed by atoms with Crippen LogP contribution in [0.3, 0.4) is 0 Å². The van der Waals surface area contributed by atoms with Crippen molar-refractivity contribution in [2.24, 2.45) is 0 Å². The largest absolute Gasteiger partial charge is 0.497 e. The Morgan fingerprint density at radius 2 is 1.81 bits per heavy atom. The average molecular weight is 353 g/mol. The Kier molecular flexibility index (Phi) is 5.48. The lowest BCUT2D eigenvalue weighted by Gasteiger charge is -2.14. The number of carbonyl (C=O) groups excluding carboxylic acids is 1. The lowest BCUT2D eigenvalue weighted by Crippen LogP contribution is -2.35. The number of carbonyl (C=O) groups is 1. The van der Waals surface area contributed by atoms with E-state index in [0.717, 1.165) is 11.3 Å². The number of rotatable bonds is 7. The van der Waals surface area contributed by atoms with Crippen molar-refractivity contribution in [1.29, 1.82) is 0 Å². The van der Waals surface area contributed by atoms with Gasteiger partial charge in [-0.05, 0) is 31.2 Å². The van der Waals surface area contributed by atoms with Crippen LogP contribution < -0.4 is 14.8 Å². The van der Waals surface area contributed by atoms with Crippen molar-refractivity contribution in [1.82, 2.24) is 15.5 Å². The number of aromatic nitrogens is 2. The van der Waals surface area contributed by atoms with Crippen molar-refractivity contribution in [2.45, 2.75) is 19.6 Å². The second-order valence-electron chi connectivity index (χ2n) is 5.53. The van der Waals surface area contributed by atoms with Gasteiger partial charge in [0, 0.05) is 5.56 Å². The third kappa shape index (κ3) is 4.38. The van der Waals surface area contributed by atoms with Gasteiger partial charge in [0.05, 0.1) is 13.7 Å². The van der Waals surface area contributed by atoms with Crippen molar-refractivity contribution in [3.8, 4) is 22.9 Å². The first-order valence-corrected chi connectivity index (χ1v) is 8.12. The number of nitrogens with zero attached hydrogens (tertiary/aromatic N) is 2. The molecule has 3 rings (SSSR count). The number of nitrogens with one attached hydrogen (secondary N) is 1. The molecule has 0 saturated heterocycles. The third-order valence-electron chi connectivity index (χ3n) is 3.66. The topological polar surface area (TPSA) is 86.5 Å². The van der Waals surface area contributed by atoms with Crippen LogP contribution >= 0.6 is 0 Å². The van der Waals surface area contributed by atoms with E-state index >= 15 is 0 Å². The minimum Gasteiger partial charge on any atom is -0.497 e. The molecular formula is C19H19N3O4. The Hall–Kier alpha value is -3.35. The predicted molar refractivity (Wildman–Crippen MR) is 94.7 cm³/mol. The molecular weight excluding hydrogens is 334 g/mol. The van der Waals surface area contributed by atoms with Gasteiger partial charge in [0.2, 0.25) is 11.7 Å². The normalized spacial score (nSPS) is 11.6. The smallest absolute Gasteiger partial charge is 0.261 e. The molecule has 134 valence electrons. The van der Waals surface area contributed by atoms with Crippen LogP contribution in [0.5, 0.6) is 11.5 Å². The summed E-state index contributed by atoms with van der Waals surface area (Å²) in [6.07, 6.45) is -0.667. The quantitative estimate of drug-likeness (QED) is 0.703. The van der Waals surface area contributed by atoms with Gasteiger partial charge in [0.15, 0.2) is 6.10 Å². The van der Waals surface area contributed by atoms with Crippen molar-refractivity contribution in [2.75, 3.05) is 7.11 Å². The molecule has 1 atom stereocenters. The molecule has 0 bridgehead atoms. The zero-order chi connectivity index (χ0) is 18.4. The Bertz CT molecular complexity index is 847. The number of ether oxygens (including phenoxy) is 2. The fourth-order valence-electron chi connectivity index (χ4n) is 2.25. The summed E-state index contributed by atoms with van der Waals surface area (Å²) in [7, 11) is 1.59. The summed E-state index contributed by atoms with van der Waals surface area (Å²) in [5.41, 5.74) is 0.852. The van der Waals surface area contributed by atoms with E-state index in [1.807, 2.05) is 30.3 Å². The number of hydrogen-bond acceptors (Lipinski definition) is 6. The summed E-state index contributed by atoms with van der Waals surface area (Å²) in [5.74, 6) is 1.84. The molecule has 1 N–H and O–H groups in total. The molecule has 7 nitrogen and oxygen atoms in total. The molecule has 0 aliphatic carbocycles. The molecule has 0 fully saturated rings. The van der Waals surface area contributed by atoms with E-state index in [1.165, 1.54) is 0 Å². The maximum atomic E-state index is 12.2. The van der Waals surface area contributed by atoms with Crippen LogP contribution in [0.2, 0.25) is 0 Å². The molecule has 1 amide bonds. The zero-order valence-corrected chi connectivity index (χ0v) is 14.5. The molecule has 3 aromatic rings. The maximum absolute atomic E-state index is 12.2. The number of methoxy groups -OCH3 is 1. The van der Waals surface area contributed by atoms with E-state index in [2.05, 4.69) is 15.5 Å². The monoisotopic (exact) mass is 353 g/mol. The third-order valence-corrected chi connectivity index (χ3v) is 3.66. The molecule has 0 aliphatic heterocycles. The van der Waals surface area contributed by atoms with E-state index in [-0.39, 0.29) is 12.5 Å². The van der Waals surface area contributed by atoms with Gasteiger partial charge in [-0.25, -0.2) is 0 Å². The van der Waals surface area contributed by atoms with Gasteiger partial charge >= 0.3 is 0 Å². The molecule has 0 spiro atoms. The summed E-state index contributed by atoms with van der Waals surface area (Å²) >= 11 is 0. The Morgan fingerprint density at radius 3 is 2.50 bits per heavy atom. The fraction of sp³-hybridized carbons (Fsp3) is 0.211. The summed E-state index contributed by atoms with van der Waals surface area (Å²) < 4.78 is 15.9. The Labute approximate surface area is 150 Å². The van der Waals surface area contributed by atoms with Crippen molar-refractivity contribution >= 4 is 5.91 Å². The summed E-state index contributed by atoms with van der Waals surface area (Å²) in [4.78, 5) is 16.4. The summed E-state index contributed by atoms with van der Waals surface area (Å²) in [5, 5.41) is 6.63. The van der Waals surface area contributed by atoms with E-state index < -0.39 is 6.10 Å². The van der Waals surface area contributed by atoms with Crippen molar-refractivity contribution < 1.29 is 18.8 Å². The standard InChI is InChI=1S/C19H19N3O4/c1-13(25-16-10-8-15(24-2)9-11-16)19(23)20-12-17-21-18(22-26-17)14-6-4-3-5-7-14/h3-11,13H,12H2,1-2H3,(H,20,23). The highest BCUT2D eigenvalue weighted by molar-refractivity contribution is 5.80. The van der Waals surface area contributed by atoms with Crippen LogP contribution in [-0.4, -0.2) is 29.3 Å². The van der Waals surface area contributed by atoms with Crippen LogP contribution in [0.1, 0.15) is 12.8 Å². The van der Waals surface area contributed by atoms with Gasteiger partial charge in [-0.1, -0.05) is 35.5 Å². The molecule has 26 heavy (non-hydrogen) atoms. The van der Waals surface area contributed by atoms with Crippen LogP contribution in [0.4, 0.5) is 0 Å².